The van der Waals surface area contributed by atoms with Gasteiger partial charge >= 0.3 is 0 Å². The molecule has 0 fully saturated rings. The molecule has 2 aromatic carbocycles. The second-order valence-electron chi connectivity index (χ2n) is 8.87. The van der Waals surface area contributed by atoms with Crippen molar-refractivity contribution in [1.82, 2.24) is 10.3 Å². The van der Waals surface area contributed by atoms with E-state index in [1.807, 2.05) is 13.8 Å². The Morgan fingerprint density at radius 2 is 1.94 bits per heavy atom. The predicted octanol–water partition coefficient (Wildman–Crippen LogP) is 6.65. The largest absolute Gasteiger partial charge is 0.387 e. The van der Waals surface area contributed by atoms with Crippen LogP contribution < -0.4 is 11.1 Å². The highest BCUT2D eigenvalue weighted by atomic mass is 35.5. The fraction of sp³-hybridized carbons (Fsp3) is 0.321. The van der Waals surface area contributed by atoms with Crippen molar-refractivity contribution in [2.75, 3.05) is 6.54 Å². The predicted molar refractivity (Wildman–Crippen MR) is 142 cm³/mol. The van der Waals surface area contributed by atoms with Gasteiger partial charge in [-0.25, -0.2) is 9.38 Å². The highest BCUT2D eigenvalue weighted by Gasteiger charge is 2.16. The normalized spacial score (nSPS) is 12.5. The topological polar surface area (TPSA) is 80.4 Å². The molecule has 3 aromatic rings. The highest BCUT2D eigenvalue weighted by molar-refractivity contribution is 6.31. The number of hydrogen-bond acceptors (Lipinski definition) is 3. The van der Waals surface area contributed by atoms with Crippen LogP contribution in [0, 0.1) is 19.7 Å². The number of nitrogens with two attached hydrogens (primary N) is 1. The first-order valence-electron chi connectivity index (χ1n) is 11.8. The molecule has 5 nitrogen and oxygen atoms in total. The molecule has 3 N–H and O–H groups in total. The number of aromatic nitrogens is 1. The summed E-state index contributed by atoms with van der Waals surface area (Å²) in [7, 11) is 0. The number of benzene rings is 2. The molecule has 1 aromatic heterocycles. The molecular weight excluding hydrogens is 463 g/mol. The van der Waals surface area contributed by atoms with Crippen molar-refractivity contribution in [3.8, 4) is 11.3 Å². The van der Waals surface area contributed by atoms with Gasteiger partial charge in [-0.3, -0.25) is 9.78 Å². The summed E-state index contributed by atoms with van der Waals surface area (Å²) < 4.78 is 13.7. The van der Waals surface area contributed by atoms with Crippen LogP contribution in [0.4, 0.5) is 10.1 Å². The number of nitrogens with zero attached hydrogens (tertiary/aromatic N) is 2. The minimum atomic E-state index is -0.456. The number of hydrogen-bond donors (Lipinski definition) is 2. The number of aliphatic imine (C=N–C) groups is 1. The zero-order valence-electron chi connectivity index (χ0n) is 20.9. The van der Waals surface area contributed by atoms with Crippen LogP contribution in [0.25, 0.3) is 11.3 Å². The molecule has 184 valence electrons. The third-order valence-corrected chi connectivity index (χ3v) is 6.41. The first-order valence-corrected chi connectivity index (χ1v) is 12.1. The van der Waals surface area contributed by atoms with E-state index < -0.39 is 5.82 Å². The standard InChI is InChI=1S/C28H32ClFN4O/c1-6-16(2)23-15-22(34-27(18(23)4)20-7-9-25(30)24(29)14-20)11-12-32-28(35)21-8-10-26(17(3)13-21)33-19(5)31/h7-10,13-16H,6,11-12H2,1-5H3,(H2,31,33)(H,32,35). The lowest BCUT2D eigenvalue weighted by atomic mass is 9.91. The van der Waals surface area contributed by atoms with E-state index in [4.69, 9.17) is 22.3 Å². The maximum Gasteiger partial charge on any atom is 0.251 e. The number of amidine groups is 1. The van der Waals surface area contributed by atoms with Gasteiger partial charge in [0, 0.05) is 29.8 Å². The van der Waals surface area contributed by atoms with Crippen LogP contribution in [0.5, 0.6) is 0 Å². The molecule has 1 amide bonds. The Hall–Kier alpha value is -3.25. The molecule has 1 heterocycles. The van der Waals surface area contributed by atoms with Crippen molar-refractivity contribution in [3.05, 3.63) is 81.3 Å². The van der Waals surface area contributed by atoms with Crippen molar-refractivity contribution < 1.29 is 9.18 Å². The van der Waals surface area contributed by atoms with Crippen LogP contribution in [-0.4, -0.2) is 23.3 Å². The van der Waals surface area contributed by atoms with Crippen molar-refractivity contribution in [1.29, 1.82) is 0 Å². The molecule has 1 unspecified atom stereocenters. The molecule has 0 bridgehead atoms. The van der Waals surface area contributed by atoms with Crippen LogP contribution in [0.2, 0.25) is 5.02 Å². The van der Waals surface area contributed by atoms with Gasteiger partial charge in [0.1, 0.15) is 5.82 Å². The molecule has 0 spiro atoms. The van der Waals surface area contributed by atoms with Gasteiger partial charge in [0.2, 0.25) is 0 Å². The third kappa shape index (κ3) is 6.45. The Bertz CT molecular complexity index is 1270. The van der Waals surface area contributed by atoms with Crippen LogP contribution >= 0.6 is 11.6 Å². The van der Waals surface area contributed by atoms with Crippen LogP contribution in [-0.2, 0) is 6.42 Å². The zero-order chi connectivity index (χ0) is 25.7. The number of halogens is 2. The summed E-state index contributed by atoms with van der Waals surface area (Å²) in [4.78, 5) is 21.8. The van der Waals surface area contributed by atoms with E-state index in [-0.39, 0.29) is 10.9 Å². The molecule has 7 heteroatoms. The molecule has 0 aliphatic carbocycles. The molecular formula is C28H32ClFN4O. The smallest absolute Gasteiger partial charge is 0.251 e. The van der Waals surface area contributed by atoms with Crippen LogP contribution in [0.1, 0.15) is 65.9 Å². The molecule has 0 aliphatic rings. The lowest BCUT2D eigenvalue weighted by molar-refractivity contribution is 0.0954. The van der Waals surface area contributed by atoms with Crippen molar-refractivity contribution in [2.45, 2.75) is 53.4 Å². The number of aryl methyl sites for hydroxylation is 1. The Balaban J connectivity index is 1.81. The monoisotopic (exact) mass is 494 g/mol. The highest BCUT2D eigenvalue weighted by Crippen LogP contribution is 2.32. The van der Waals surface area contributed by atoms with Crippen molar-refractivity contribution in [3.63, 3.8) is 0 Å². The Kier molecular flexibility index (Phi) is 8.62. The van der Waals surface area contributed by atoms with Gasteiger partial charge < -0.3 is 11.1 Å². The van der Waals surface area contributed by atoms with E-state index in [9.17, 15) is 9.18 Å². The van der Waals surface area contributed by atoms with Crippen molar-refractivity contribution in [2.24, 2.45) is 10.7 Å². The average molecular weight is 495 g/mol. The number of carbonyl (C=O) groups excluding carboxylic acids is 1. The molecule has 1 atom stereocenters. The van der Waals surface area contributed by atoms with Gasteiger partial charge in [0.15, 0.2) is 0 Å². The molecule has 35 heavy (non-hydrogen) atoms. The van der Waals surface area contributed by atoms with E-state index in [1.54, 1.807) is 37.3 Å². The van der Waals surface area contributed by atoms with Gasteiger partial charge in [0.25, 0.3) is 5.91 Å². The van der Waals surface area contributed by atoms with E-state index in [0.29, 0.717) is 30.3 Å². The average Bonchev–Trinajstić information content (AvgIpc) is 2.82. The van der Waals surface area contributed by atoms with Gasteiger partial charge in [-0.1, -0.05) is 25.4 Å². The number of amides is 1. The molecule has 3 rings (SSSR count). The second-order valence-corrected chi connectivity index (χ2v) is 9.28. The zero-order valence-corrected chi connectivity index (χ0v) is 21.6. The molecule has 0 saturated heterocycles. The summed E-state index contributed by atoms with van der Waals surface area (Å²) in [6.45, 7) is 10.4. The van der Waals surface area contributed by atoms with Gasteiger partial charge in [-0.05, 0) is 92.3 Å². The Morgan fingerprint density at radius 3 is 2.57 bits per heavy atom. The van der Waals surface area contributed by atoms with Crippen LogP contribution in [0.3, 0.4) is 0 Å². The first-order chi connectivity index (χ1) is 16.6. The van der Waals surface area contributed by atoms with E-state index in [1.165, 1.54) is 11.6 Å². The summed E-state index contributed by atoms with van der Waals surface area (Å²) >= 11 is 6.04. The van der Waals surface area contributed by atoms with Crippen molar-refractivity contribution >= 4 is 29.0 Å². The minimum Gasteiger partial charge on any atom is -0.387 e. The summed E-state index contributed by atoms with van der Waals surface area (Å²) in [5.41, 5.74) is 12.5. The lowest BCUT2D eigenvalue weighted by Crippen LogP contribution is -2.26. The third-order valence-electron chi connectivity index (χ3n) is 6.12. The lowest BCUT2D eigenvalue weighted by Gasteiger charge is -2.18. The number of pyridine rings is 1. The summed E-state index contributed by atoms with van der Waals surface area (Å²) in [5.74, 6) is 0.187. The van der Waals surface area contributed by atoms with Crippen LogP contribution in [0.15, 0.2) is 47.5 Å². The van der Waals surface area contributed by atoms with Gasteiger partial charge in [-0.2, -0.15) is 0 Å². The van der Waals surface area contributed by atoms with Gasteiger partial charge in [0.05, 0.1) is 22.2 Å². The maximum atomic E-state index is 13.7. The maximum absolute atomic E-state index is 13.7. The Morgan fingerprint density at radius 1 is 1.20 bits per heavy atom. The molecule has 0 aliphatic heterocycles. The minimum absolute atomic E-state index is 0.0695. The van der Waals surface area contributed by atoms with E-state index in [0.717, 1.165) is 40.2 Å². The fourth-order valence-corrected chi connectivity index (χ4v) is 4.17. The molecule has 0 radical (unpaired) electrons. The fourth-order valence-electron chi connectivity index (χ4n) is 3.99. The number of nitrogens with one attached hydrogen (secondary N) is 1. The number of rotatable bonds is 8. The van der Waals surface area contributed by atoms with Gasteiger partial charge in [-0.15, -0.1) is 0 Å². The second kappa shape index (κ2) is 11.5. The number of carbonyl (C=O) groups is 1. The summed E-state index contributed by atoms with van der Waals surface area (Å²) in [6.07, 6.45) is 1.54. The summed E-state index contributed by atoms with van der Waals surface area (Å²) in [6, 6.07) is 12.1. The van der Waals surface area contributed by atoms with E-state index in [2.05, 4.69) is 30.2 Å². The Labute approximate surface area is 211 Å². The SMILES string of the molecule is CCC(C)c1cc(CCNC(=O)c2ccc(N=C(C)N)c(C)c2)nc(-c2ccc(F)c(Cl)c2)c1C. The summed E-state index contributed by atoms with van der Waals surface area (Å²) in [5, 5.41) is 3.05. The quantitative estimate of drug-likeness (QED) is 0.271. The van der Waals surface area contributed by atoms with E-state index >= 15 is 0 Å². The molecule has 0 saturated carbocycles. The first kappa shape index (κ1) is 26.4.